The van der Waals surface area contributed by atoms with Crippen LogP contribution in [0.4, 0.5) is 17.3 Å². The Labute approximate surface area is 197 Å². The third kappa shape index (κ3) is 3.22. The number of aromatic nitrogens is 3. The van der Waals surface area contributed by atoms with Crippen LogP contribution >= 0.6 is 0 Å². The molecule has 0 bridgehead atoms. The molecule has 34 heavy (non-hydrogen) atoms. The average Bonchev–Trinajstić information content (AvgIpc) is 3.20. The Morgan fingerprint density at radius 3 is 2.38 bits per heavy atom. The summed E-state index contributed by atoms with van der Waals surface area (Å²) in [5.74, 6) is 1.36. The van der Waals surface area contributed by atoms with Gasteiger partial charge in [0.1, 0.15) is 23.5 Å². The number of nitrogen functional groups attached to an aromatic ring is 1. The fourth-order valence-electron chi connectivity index (χ4n) is 5.22. The van der Waals surface area contributed by atoms with Crippen LogP contribution in [0.15, 0.2) is 73.1 Å². The van der Waals surface area contributed by atoms with E-state index in [1.54, 1.807) is 0 Å². The van der Waals surface area contributed by atoms with Crippen molar-refractivity contribution >= 4 is 34.3 Å². The summed E-state index contributed by atoms with van der Waals surface area (Å²) in [5, 5.41) is 3.83. The molecular formula is C26H25N7O. The molecule has 2 fully saturated rings. The lowest BCUT2D eigenvalue weighted by atomic mass is 9.85. The van der Waals surface area contributed by atoms with Gasteiger partial charge in [-0.1, -0.05) is 48.5 Å². The van der Waals surface area contributed by atoms with E-state index in [-0.39, 0.29) is 5.91 Å². The summed E-state index contributed by atoms with van der Waals surface area (Å²) in [6.45, 7) is 1.96. The molecule has 4 aromatic rings. The van der Waals surface area contributed by atoms with Crippen molar-refractivity contribution < 1.29 is 4.79 Å². The third-order valence-electron chi connectivity index (χ3n) is 7.02. The molecule has 0 atom stereocenters. The molecule has 0 radical (unpaired) electrons. The van der Waals surface area contributed by atoms with Crippen molar-refractivity contribution in [2.45, 2.75) is 18.4 Å². The molecule has 8 heteroatoms. The lowest BCUT2D eigenvalue weighted by molar-refractivity contribution is -0.124. The summed E-state index contributed by atoms with van der Waals surface area (Å²) in [5.41, 5.74) is 9.34. The number of fused-ring (bicyclic) bond motifs is 1. The maximum Gasteiger partial charge on any atom is 0.247 e. The van der Waals surface area contributed by atoms with Crippen LogP contribution in [0.1, 0.15) is 12.8 Å². The number of anilines is 3. The SMILES string of the molecule is Nc1ncnc2nc(N3CCC4(CC3)C(=O)NCN4c3ccccc3)cc(-c3ccccc3)c12. The highest BCUT2D eigenvalue weighted by atomic mass is 16.2. The van der Waals surface area contributed by atoms with E-state index in [0.29, 0.717) is 44.1 Å². The molecule has 2 aromatic heterocycles. The molecule has 0 unspecified atom stereocenters. The maximum absolute atomic E-state index is 13.0. The van der Waals surface area contributed by atoms with E-state index in [2.05, 4.69) is 55.4 Å². The first-order chi connectivity index (χ1) is 16.7. The second-order valence-corrected chi connectivity index (χ2v) is 8.80. The van der Waals surface area contributed by atoms with Crippen molar-refractivity contribution in [1.82, 2.24) is 20.3 Å². The van der Waals surface area contributed by atoms with Gasteiger partial charge < -0.3 is 20.9 Å². The first-order valence-electron chi connectivity index (χ1n) is 11.5. The van der Waals surface area contributed by atoms with Crippen molar-refractivity contribution in [2.24, 2.45) is 0 Å². The van der Waals surface area contributed by atoms with Crippen molar-refractivity contribution in [2.75, 3.05) is 35.3 Å². The number of hydrogen-bond donors (Lipinski definition) is 2. The van der Waals surface area contributed by atoms with Gasteiger partial charge in [0.15, 0.2) is 5.65 Å². The Kier molecular flexibility index (Phi) is 4.79. The lowest BCUT2D eigenvalue weighted by Crippen LogP contribution is -2.56. The van der Waals surface area contributed by atoms with Gasteiger partial charge in [0.2, 0.25) is 5.91 Å². The number of benzene rings is 2. The number of pyridine rings is 1. The molecule has 2 aliphatic rings. The summed E-state index contributed by atoms with van der Waals surface area (Å²) >= 11 is 0. The fourth-order valence-corrected chi connectivity index (χ4v) is 5.22. The molecule has 0 saturated carbocycles. The zero-order chi connectivity index (χ0) is 23.1. The summed E-state index contributed by atoms with van der Waals surface area (Å²) in [7, 11) is 0. The summed E-state index contributed by atoms with van der Waals surface area (Å²) in [6.07, 6.45) is 2.87. The molecule has 8 nitrogen and oxygen atoms in total. The summed E-state index contributed by atoms with van der Waals surface area (Å²) < 4.78 is 0. The van der Waals surface area contributed by atoms with Crippen LogP contribution < -0.4 is 20.9 Å². The molecule has 0 aliphatic carbocycles. The summed E-state index contributed by atoms with van der Waals surface area (Å²) in [6, 6.07) is 22.3. The number of amides is 1. The lowest BCUT2D eigenvalue weighted by Gasteiger charge is -2.43. The van der Waals surface area contributed by atoms with Crippen LogP contribution in [-0.2, 0) is 4.79 Å². The predicted octanol–water partition coefficient (Wildman–Crippen LogP) is 3.21. The van der Waals surface area contributed by atoms with E-state index in [1.165, 1.54) is 6.33 Å². The second-order valence-electron chi connectivity index (χ2n) is 8.80. The van der Waals surface area contributed by atoms with Gasteiger partial charge in [-0.15, -0.1) is 0 Å². The van der Waals surface area contributed by atoms with Crippen LogP contribution in [-0.4, -0.2) is 46.2 Å². The minimum atomic E-state index is -0.538. The Morgan fingerprint density at radius 2 is 1.65 bits per heavy atom. The Bertz CT molecular complexity index is 1350. The smallest absolute Gasteiger partial charge is 0.247 e. The molecule has 1 spiro atoms. The number of para-hydroxylation sites is 1. The number of carbonyl (C=O) groups excluding carboxylic acids is 1. The van der Waals surface area contributed by atoms with E-state index in [4.69, 9.17) is 10.7 Å². The van der Waals surface area contributed by atoms with Crippen LogP contribution in [0.3, 0.4) is 0 Å². The zero-order valence-corrected chi connectivity index (χ0v) is 18.7. The van der Waals surface area contributed by atoms with Gasteiger partial charge in [0.05, 0.1) is 12.1 Å². The van der Waals surface area contributed by atoms with Gasteiger partial charge in [0.25, 0.3) is 0 Å². The van der Waals surface area contributed by atoms with Crippen molar-refractivity contribution in [3.63, 3.8) is 0 Å². The van der Waals surface area contributed by atoms with Crippen LogP contribution in [0.25, 0.3) is 22.2 Å². The van der Waals surface area contributed by atoms with Crippen molar-refractivity contribution in [3.8, 4) is 11.1 Å². The number of carbonyl (C=O) groups is 1. The number of hydrogen-bond acceptors (Lipinski definition) is 7. The number of nitrogens with one attached hydrogen (secondary N) is 1. The number of nitrogens with two attached hydrogens (primary N) is 1. The zero-order valence-electron chi connectivity index (χ0n) is 18.7. The molecule has 2 saturated heterocycles. The second kappa shape index (κ2) is 7.98. The highest BCUT2D eigenvalue weighted by Crippen LogP contribution is 2.39. The van der Waals surface area contributed by atoms with E-state index in [1.807, 2.05) is 36.4 Å². The quantitative estimate of drug-likeness (QED) is 0.493. The molecule has 170 valence electrons. The van der Waals surface area contributed by atoms with Crippen LogP contribution in [0.2, 0.25) is 0 Å². The number of rotatable bonds is 3. The topological polar surface area (TPSA) is 100 Å². The van der Waals surface area contributed by atoms with Gasteiger partial charge in [0, 0.05) is 24.3 Å². The van der Waals surface area contributed by atoms with Crippen LogP contribution in [0, 0.1) is 0 Å². The van der Waals surface area contributed by atoms with Gasteiger partial charge in [-0.05, 0) is 36.6 Å². The predicted molar refractivity (Wildman–Crippen MR) is 133 cm³/mol. The maximum atomic E-state index is 13.0. The average molecular weight is 452 g/mol. The van der Waals surface area contributed by atoms with Crippen molar-refractivity contribution in [1.29, 1.82) is 0 Å². The van der Waals surface area contributed by atoms with Crippen molar-refractivity contribution in [3.05, 3.63) is 73.1 Å². The Hall–Kier alpha value is -4.20. The van der Waals surface area contributed by atoms with Crippen LogP contribution in [0.5, 0.6) is 0 Å². The molecule has 1 amide bonds. The Balaban J connectivity index is 1.35. The molecule has 3 N–H and O–H groups in total. The number of nitrogens with zero attached hydrogens (tertiary/aromatic N) is 5. The Morgan fingerprint density at radius 1 is 0.941 bits per heavy atom. The van der Waals surface area contributed by atoms with E-state index in [0.717, 1.165) is 28.0 Å². The van der Waals surface area contributed by atoms with E-state index < -0.39 is 5.54 Å². The third-order valence-corrected chi connectivity index (χ3v) is 7.02. The molecular weight excluding hydrogens is 426 g/mol. The molecule has 4 heterocycles. The summed E-state index contributed by atoms with van der Waals surface area (Å²) in [4.78, 5) is 30.9. The number of piperidine rings is 1. The standard InChI is InChI=1S/C26H25N7O/c27-23-22-20(18-7-3-1-4-8-18)15-21(31-24(22)29-16-28-23)32-13-11-26(12-14-32)25(34)30-17-33(26)19-9-5-2-6-10-19/h1-10,15-16H,11-14,17H2,(H,30,34)(H2,27,28,29,31). The first kappa shape index (κ1) is 20.4. The normalized spacial score (nSPS) is 17.4. The largest absolute Gasteiger partial charge is 0.383 e. The minimum absolute atomic E-state index is 0.105. The highest BCUT2D eigenvalue weighted by Gasteiger charge is 2.50. The van der Waals surface area contributed by atoms with E-state index >= 15 is 0 Å². The minimum Gasteiger partial charge on any atom is -0.383 e. The molecule has 2 aromatic carbocycles. The van der Waals surface area contributed by atoms with Gasteiger partial charge in [-0.25, -0.2) is 15.0 Å². The van der Waals surface area contributed by atoms with Gasteiger partial charge in [-0.3, -0.25) is 4.79 Å². The molecule has 6 rings (SSSR count). The fraction of sp³-hybridized carbons (Fsp3) is 0.231. The van der Waals surface area contributed by atoms with E-state index in [9.17, 15) is 4.79 Å². The van der Waals surface area contributed by atoms with Gasteiger partial charge in [-0.2, -0.15) is 0 Å². The monoisotopic (exact) mass is 451 g/mol. The highest BCUT2D eigenvalue weighted by molar-refractivity contribution is 6.00. The first-order valence-corrected chi connectivity index (χ1v) is 11.5. The van der Waals surface area contributed by atoms with Gasteiger partial charge >= 0.3 is 0 Å². The molecule has 2 aliphatic heterocycles.